The van der Waals surface area contributed by atoms with Crippen molar-refractivity contribution in [1.82, 2.24) is 19.9 Å². The smallest absolute Gasteiger partial charge is 0.263 e. The molecule has 2 aromatic heterocycles. The number of benzene rings is 2. The van der Waals surface area contributed by atoms with E-state index in [0.29, 0.717) is 0 Å². The average Bonchev–Trinajstić information content (AvgIpc) is 3.17. The second-order valence-corrected chi connectivity index (χ2v) is 8.13. The zero-order valence-electron chi connectivity index (χ0n) is 47.6. The van der Waals surface area contributed by atoms with Crippen LogP contribution in [0.25, 0.3) is 11.6 Å². The molecule has 0 spiro atoms. The minimum absolute atomic E-state index is 0.960. The summed E-state index contributed by atoms with van der Waals surface area (Å²) in [5, 5.41) is 3.76. The van der Waals surface area contributed by atoms with Crippen LogP contribution in [0.3, 0.4) is 0 Å². The molecule has 0 saturated carbocycles. The van der Waals surface area contributed by atoms with Gasteiger partial charge in [0.25, 0.3) is 15.9 Å². The number of anilines is 1. The Morgan fingerprint density at radius 3 is 2.49 bits per heavy atom. The van der Waals surface area contributed by atoms with Crippen molar-refractivity contribution in [3.63, 3.8) is 0 Å². The number of aromatic nitrogens is 4. The highest BCUT2D eigenvalue weighted by Gasteiger charge is 2.26. The number of hydrogen-bond donors (Lipinski definition) is 2. The Balaban J connectivity index is 2.31. The molecule has 0 bridgehead atoms. The number of aliphatic hydroxyl groups is 1. The van der Waals surface area contributed by atoms with Crippen molar-refractivity contribution >= 4 is 15.8 Å². The molecule has 0 atom stereocenters. The lowest BCUT2D eigenvalue weighted by Crippen LogP contribution is -2.17. The maximum absolute atomic E-state index is 14.6. The molecule has 0 saturated heterocycles. The summed E-state index contributed by atoms with van der Waals surface area (Å²) in [6.45, 7) is -20.7. The van der Waals surface area contributed by atoms with Crippen LogP contribution in [-0.4, -0.2) is 55.0 Å². The van der Waals surface area contributed by atoms with Crippen LogP contribution >= 0.6 is 0 Å². The van der Waals surface area contributed by atoms with Crippen LogP contribution < -0.4 is 18.9 Å². The molecular weight excluding hydrogens is 522 g/mol. The maximum atomic E-state index is 14.6. The summed E-state index contributed by atoms with van der Waals surface area (Å²) < 4.78 is 278. The Hall–Kier alpha value is -4.29. The molecule has 0 amide bonds. The normalized spacial score (nSPS) is 24.4. The van der Waals surface area contributed by atoms with E-state index < -0.39 is 179 Å². The summed E-state index contributed by atoms with van der Waals surface area (Å²) >= 11 is 0. The van der Waals surface area contributed by atoms with Gasteiger partial charge in [-0.2, -0.15) is 4.98 Å². The van der Waals surface area contributed by atoms with Crippen LogP contribution in [0.4, 0.5) is 5.82 Å². The largest absolute Gasteiger partial charge is 0.493 e. The van der Waals surface area contributed by atoms with Crippen LogP contribution in [0.2, 0.25) is 1.41 Å². The molecule has 4 rings (SSSR count). The minimum Gasteiger partial charge on any atom is -0.493 e. The van der Waals surface area contributed by atoms with Gasteiger partial charge in [-0.1, -0.05) is 44.7 Å². The number of methoxy groups -OCH3 is 1. The Kier molecular flexibility index (Phi) is 2.64. The highest BCUT2D eigenvalue weighted by molar-refractivity contribution is 7.92. The van der Waals surface area contributed by atoms with E-state index in [1.54, 1.807) is 0 Å². The van der Waals surface area contributed by atoms with E-state index >= 15 is 0 Å². The number of ether oxygens (including phenoxy) is 3. The summed E-state index contributed by atoms with van der Waals surface area (Å²) in [6, 6.07) is -13.9. The van der Waals surface area contributed by atoms with Gasteiger partial charge in [0.15, 0.2) is 24.6 Å². The second kappa shape index (κ2) is 11.6. The first kappa shape index (κ1) is 8.86. The fourth-order valence-corrected chi connectivity index (χ4v) is 3.24. The molecule has 0 aliphatic rings. The van der Waals surface area contributed by atoms with E-state index in [9.17, 15) is 8.42 Å². The molecule has 0 radical (unpaired) electrons. The number of nitrogens with one attached hydrogen (secondary N) is 1. The lowest BCUT2D eigenvalue weighted by molar-refractivity contribution is 0.192. The first-order chi connectivity index (χ1) is 30.5. The van der Waals surface area contributed by atoms with Gasteiger partial charge in [-0.25, -0.2) is 23.4 Å². The molecule has 0 unspecified atom stereocenters. The van der Waals surface area contributed by atoms with Gasteiger partial charge in [0.1, 0.15) is 6.56 Å². The van der Waals surface area contributed by atoms with Crippen LogP contribution in [0.5, 0.6) is 23.1 Å². The molecular formula is C27H29N5O6S. The quantitative estimate of drug-likeness (QED) is 0.265. The second-order valence-electron chi connectivity index (χ2n) is 6.59. The molecule has 39 heavy (non-hydrogen) atoms. The van der Waals surface area contributed by atoms with Crippen LogP contribution in [0.15, 0.2) is 71.6 Å². The van der Waals surface area contributed by atoms with Crippen molar-refractivity contribution in [2.75, 3.05) is 24.9 Å². The molecule has 0 aliphatic heterocycles. The average molecular weight is 581 g/mol. The standard InChI is InChI=1S/C27H29N5O6S/c1-27(2,3)18-10-12-19(13-11-18)39(34,35)32-23-22(38-21-9-6-5-8-20(21)36-4)26(37-17-16-33)31-25(30-23)24-28-14-7-15-29-24/h5-15,33H,16-17H2,1-4H3,(H,30,31,32)/i1D3,2D3,3D3,4D3,5D,6D,7D,8D,9D,10D,11D,12D,13D,14D,15D,16D2,17D2,33D/hD. The Morgan fingerprint density at radius 1 is 1.05 bits per heavy atom. The van der Waals surface area contributed by atoms with Crippen molar-refractivity contribution in [2.45, 2.75) is 30.9 Å². The lowest BCUT2D eigenvalue weighted by atomic mass is 9.87. The molecule has 12 heteroatoms. The van der Waals surface area contributed by atoms with Crippen LogP contribution in [-0.2, 0) is 15.4 Å². The maximum Gasteiger partial charge on any atom is 0.263 e. The van der Waals surface area contributed by atoms with Gasteiger partial charge in [0.2, 0.25) is 13.0 Å². The third kappa shape index (κ3) is 6.59. The number of hydrogen-bond acceptors (Lipinski definition) is 10. The van der Waals surface area contributed by atoms with Crippen LogP contribution in [0.1, 0.15) is 63.1 Å². The fourth-order valence-electron chi connectivity index (χ4n) is 2.43. The third-order valence-corrected chi connectivity index (χ3v) is 5.14. The lowest BCUT2D eigenvalue weighted by Gasteiger charge is -2.20. The van der Waals surface area contributed by atoms with E-state index in [2.05, 4.69) is 25.0 Å². The van der Waals surface area contributed by atoms with Gasteiger partial charge in [-0.15, -0.1) is 0 Å². The van der Waals surface area contributed by atoms with Crippen molar-refractivity contribution < 1.29 is 66.2 Å². The Morgan fingerprint density at radius 2 is 1.79 bits per heavy atom. The zero-order chi connectivity index (χ0) is 52.8. The molecule has 2 heterocycles. The summed E-state index contributed by atoms with van der Waals surface area (Å²) in [7, 11) is -9.99. The van der Waals surface area contributed by atoms with Crippen LogP contribution in [0, 0.1) is 0 Å². The molecule has 11 nitrogen and oxygen atoms in total. The number of rotatable bonds is 11. The zero-order valence-corrected chi connectivity index (χ0v) is 19.4. The third-order valence-electron chi connectivity index (χ3n) is 4.01. The van der Waals surface area contributed by atoms with E-state index in [1.165, 1.54) is 0 Å². The number of nitrogens with zero attached hydrogens (tertiary/aromatic N) is 4. The van der Waals surface area contributed by atoms with Crippen molar-refractivity contribution in [2.24, 2.45) is 0 Å². The van der Waals surface area contributed by atoms with E-state index in [-0.39, 0.29) is 0 Å². The molecule has 204 valence electrons. The molecule has 0 fully saturated rings. The Bertz CT molecular complexity index is 2690. The highest BCUT2D eigenvalue weighted by Crippen LogP contribution is 2.41. The van der Waals surface area contributed by atoms with Crippen molar-refractivity contribution in [1.29, 1.82) is 1.43 Å². The van der Waals surface area contributed by atoms with E-state index in [4.69, 9.17) is 54.1 Å². The molecule has 2 aromatic carbocycles. The van der Waals surface area contributed by atoms with Gasteiger partial charge in [0, 0.05) is 24.7 Å². The van der Waals surface area contributed by atoms with Gasteiger partial charge < -0.3 is 19.3 Å². The first-order valence-electron chi connectivity index (χ1n) is 24.0. The monoisotopic (exact) mass is 580 g/mol. The highest BCUT2D eigenvalue weighted by atomic mass is 32.2. The molecule has 0 aliphatic carbocycles. The Labute approximate surface area is 267 Å². The van der Waals surface area contributed by atoms with Crippen molar-refractivity contribution in [3.8, 4) is 34.8 Å². The SMILES string of the molecule is [2H]OC([2H])([2H])C([2H])([2H])Oc1nc(-c2nc([2H])c([2H])c([2H])n2)nc(N([2H])S(=O)(=O)c2c([2H])c([2H])c(C(C([2H])([2H])[2H])(C([2H])([2H])[2H])C([2H])([2H])[2H])c([2H])c2[2H])c1Oc1c([2H])c([2H])c([2H])c([2H])c1OC([2H])([2H])[2H]. The first-order valence-corrected chi connectivity index (χ1v) is 11.1. The molecule has 4 aromatic rings. The topological polar surface area (TPSA) is 146 Å². The number of sulfonamides is 1. The number of para-hydroxylation sites is 2. The molecule has 2 N–H and O–H groups in total. The predicted octanol–water partition coefficient (Wildman–Crippen LogP) is 4.20. The van der Waals surface area contributed by atoms with Gasteiger partial charge in [-0.05, 0) is 41.2 Å². The fraction of sp³-hybridized carbons (Fsp3) is 0.259. The summed E-state index contributed by atoms with van der Waals surface area (Å²) in [6.07, 6.45) is -2.18. The van der Waals surface area contributed by atoms with Crippen molar-refractivity contribution in [3.05, 3.63) is 72.3 Å². The summed E-state index contributed by atoms with van der Waals surface area (Å²) in [5.41, 5.74) is -6.16. The minimum atomic E-state index is -6.37. The predicted molar refractivity (Wildman–Crippen MR) is 145 cm³/mol. The summed E-state index contributed by atoms with van der Waals surface area (Å²) in [4.78, 5) is 12.4. The van der Waals surface area contributed by atoms with E-state index in [1.807, 2.05) is 0 Å². The van der Waals surface area contributed by atoms with Gasteiger partial charge in [0.05, 0.1) is 43.2 Å². The van der Waals surface area contributed by atoms with E-state index in [0.717, 1.165) is 0 Å². The van der Waals surface area contributed by atoms with Gasteiger partial charge in [-0.3, -0.25) is 4.72 Å². The summed E-state index contributed by atoms with van der Waals surface area (Å²) in [5.74, 6) is -10.8. The van der Waals surface area contributed by atoms with Gasteiger partial charge >= 0.3 is 0 Å².